The molecule has 0 spiro atoms. The highest BCUT2D eigenvalue weighted by Crippen LogP contribution is 2.58. The maximum Gasteiger partial charge on any atom is 0.0524 e. The van der Waals surface area contributed by atoms with Gasteiger partial charge in [0.1, 0.15) is 0 Å². The maximum absolute atomic E-state index is 4.26. The van der Waals surface area contributed by atoms with Gasteiger partial charge in [-0.05, 0) is 37.2 Å². The molecule has 1 aromatic rings. The fourth-order valence-electron chi connectivity index (χ4n) is 3.09. The van der Waals surface area contributed by atoms with Crippen molar-refractivity contribution >= 4 is 0 Å². The van der Waals surface area contributed by atoms with Crippen LogP contribution in [0.25, 0.3) is 0 Å². The van der Waals surface area contributed by atoms with Crippen LogP contribution in [0.3, 0.4) is 0 Å². The number of fused-ring (bicyclic) bond motifs is 1. The van der Waals surface area contributed by atoms with E-state index in [0.29, 0.717) is 6.04 Å². The molecule has 3 nitrogen and oxygen atoms in total. The lowest BCUT2D eigenvalue weighted by atomic mass is 10.1. The molecule has 1 aliphatic heterocycles. The fraction of sp³-hybridized carbons (Fsp3) is 0.750. The summed E-state index contributed by atoms with van der Waals surface area (Å²) in [5.74, 6) is 2.64. The van der Waals surface area contributed by atoms with Gasteiger partial charge in [0.25, 0.3) is 0 Å². The molecular formula is C12H19N3. The number of rotatable bonds is 2. The number of nitrogens with zero attached hydrogens (tertiary/aromatic N) is 3. The van der Waals surface area contributed by atoms with E-state index in [1.54, 1.807) is 0 Å². The van der Waals surface area contributed by atoms with Crippen LogP contribution in [0.4, 0.5) is 0 Å². The molecule has 82 valence electrons. The average Bonchev–Trinajstić information content (AvgIpc) is 2.62. The van der Waals surface area contributed by atoms with Crippen LogP contribution in [-0.2, 0) is 7.05 Å². The summed E-state index contributed by atoms with van der Waals surface area (Å²) in [5, 5.41) is 4.26. The van der Waals surface area contributed by atoms with Crippen molar-refractivity contribution in [2.45, 2.75) is 25.8 Å². The Kier molecular flexibility index (Phi) is 1.93. The second-order valence-electron chi connectivity index (χ2n) is 5.35. The van der Waals surface area contributed by atoms with Crippen LogP contribution in [0.5, 0.6) is 0 Å². The predicted molar refractivity (Wildman–Crippen MR) is 59.6 cm³/mol. The van der Waals surface area contributed by atoms with Gasteiger partial charge in [-0.1, -0.05) is 0 Å². The van der Waals surface area contributed by atoms with Gasteiger partial charge in [-0.15, -0.1) is 0 Å². The summed E-state index contributed by atoms with van der Waals surface area (Å²) in [4.78, 5) is 2.60. The van der Waals surface area contributed by atoms with Gasteiger partial charge in [-0.2, -0.15) is 5.10 Å². The number of hydrogen-bond acceptors (Lipinski definition) is 2. The van der Waals surface area contributed by atoms with E-state index in [1.165, 1.54) is 18.7 Å². The van der Waals surface area contributed by atoms with Crippen molar-refractivity contribution in [2.75, 3.05) is 13.1 Å². The van der Waals surface area contributed by atoms with E-state index in [0.717, 1.165) is 17.8 Å². The van der Waals surface area contributed by atoms with E-state index in [2.05, 4.69) is 30.0 Å². The molecule has 0 N–H and O–H groups in total. The van der Waals surface area contributed by atoms with Crippen molar-refractivity contribution in [3.05, 3.63) is 18.0 Å². The Morgan fingerprint density at radius 1 is 1.33 bits per heavy atom. The normalized spacial score (nSPS) is 34.8. The number of aromatic nitrogens is 2. The topological polar surface area (TPSA) is 21.1 Å². The molecule has 2 atom stereocenters. The predicted octanol–water partition coefficient (Wildman–Crippen LogP) is 1.47. The molecule has 0 aromatic carbocycles. The molecule has 1 aliphatic carbocycles. The molecular weight excluding hydrogens is 186 g/mol. The number of hydrogen-bond donors (Lipinski definition) is 0. The van der Waals surface area contributed by atoms with Crippen LogP contribution in [0, 0.1) is 11.8 Å². The minimum absolute atomic E-state index is 0.715. The van der Waals surface area contributed by atoms with Crippen molar-refractivity contribution in [2.24, 2.45) is 18.9 Å². The second-order valence-corrected chi connectivity index (χ2v) is 5.35. The van der Waals surface area contributed by atoms with Gasteiger partial charge in [-0.25, -0.2) is 0 Å². The Hall–Kier alpha value is -0.830. The van der Waals surface area contributed by atoms with Crippen molar-refractivity contribution in [3.8, 4) is 0 Å². The van der Waals surface area contributed by atoms with Crippen LogP contribution in [-0.4, -0.2) is 33.8 Å². The Labute approximate surface area is 91.1 Å². The quantitative estimate of drug-likeness (QED) is 0.729. The molecule has 0 bridgehead atoms. The lowest BCUT2D eigenvalue weighted by Crippen LogP contribution is -2.30. The molecule has 0 radical (unpaired) electrons. The summed E-state index contributed by atoms with van der Waals surface area (Å²) in [6.07, 6.45) is 4.23. The Morgan fingerprint density at radius 2 is 2.00 bits per heavy atom. The number of likely N-dealkylation sites (tertiary alicyclic amines) is 1. The van der Waals surface area contributed by atoms with E-state index in [4.69, 9.17) is 0 Å². The highest BCUT2D eigenvalue weighted by molar-refractivity contribution is 5.26. The minimum Gasteiger partial charge on any atom is -0.300 e. The Balaban J connectivity index is 1.68. The van der Waals surface area contributed by atoms with E-state index >= 15 is 0 Å². The fourth-order valence-corrected chi connectivity index (χ4v) is 3.09. The smallest absolute Gasteiger partial charge is 0.0524 e. The zero-order chi connectivity index (χ0) is 10.6. The molecule has 1 aromatic heterocycles. The molecule has 3 heteroatoms. The standard InChI is InChI=1S/C12H19N3/c1-8(2)15-6-10-11(7-15)12(10)9-4-13-14(3)5-9/h4-5,8,10-12H,6-7H2,1-3H3. The molecule has 3 rings (SSSR count). The third-order valence-corrected chi connectivity index (χ3v) is 4.06. The summed E-state index contributed by atoms with van der Waals surface area (Å²) in [6, 6.07) is 0.715. The van der Waals surface area contributed by atoms with E-state index in [-0.39, 0.29) is 0 Å². The molecule has 2 fully saturated rings. The summed E-state index contributed by atoms with van der Waals surface area (Å²) in [6.45, 7) is 7.18. The van der Waals surface area contributed by atoms with E-state index < -0.39 is 0 Å². The largest absolute Gasteiger partial charge is 0.300 e. The first-order valence-electron chi connectivity index (χ1n) is 5.89. The van der Waals surface area contributed by atoms with E-state index in [9.17, 15) is 0 Å². The zero-order valence-corrected chi connectivity index (χ0v) is 9.72. The van der Waals surface area contributed by atoms with Gasteiger partial charge in [0.15, 0.2) is 0 Å². The first-order chi connectivity index (χ1) is 7.16. The summed E-state index contributed by atoms with van der Waals surface area (Å²) in [7, 11) is 2.00. The molecule has 1 saturated heterocycles. The van der Waals surface area contributed by atoms with Crippen molar-refractivity contribution < 1.29 is 0 Å². The van der Waals surface area contributed by atoms with Crippen molar-refractivity contribution in [3.63, 3.8) is 0 Å². The van der Waals surface area contributed by atoms with Crippen LogP contribution in [0.1, 0.15) is 25.3 Å². The van der Waals surface area contributed by atoms with Gasteiger partial charge in [0.05, 0.1) is 6.20 Å². The summed E-state index contributed by atoms with van der Waals surface area (Å²) < 4.78 is 1.92. The number of piperidine rings is 1. The molecule has 2 heterocycles. The minimum atomic E-state index is 0.715. The van der Waals surface area contributed by atoms with Crippen LogP contribution in [0.2, 0.25) is 0 Å². The van der Waals surface area contributed by atoms with E-state index in [1.807, 2.05) is 17.9 Å². The van der Waals surface area contributed by atoms with Crippen molar-refractivity contribution in [1.82, 2.24) is 14.7 Å². The van der Waals surface area contributed by atoms with Gasteiger partial charge in [0, 0.05) is 32.4 Å². The van der Waals surface area contributed by atoms with Gasteiger partial charge >= 0.3 is 0 Å². The zero-order valence-electron chi connectivity index (χ0n) is 9.72. The van der Waals surface area contributed by atoms with Crippen LogP contribution >= 0.6 is 0 Å². The molecule has 15 heavy (non-hydrogen) atoms. The Morgan fingerprint density at radius 3 is 2.47 bits per heavy atom. The lowest BCUT2D eigenvalue weighted by molar-refractivity contribution is 0.243. The van der Waals surface area contributed by atoms with Crippen molar-refractivity contribution in [1.29, 1.82) is 0 Å². The highest BCUT2D eigenvalue weighted by atomic mass is 15.2. The highest BCUT2D eigenvalue weighted by Gasteiger charge is 2.56. The van der Waals surface area contributed by atoms with Gasteiger partial charge < -0.3 is 4.90 Å². The van der Waals surface area contributed by atoms with Gasteiger partial charge in [-0.3, -0.25) is 4.68 Å². The number of aryl methyl sites for hydroxylation is 1. The molecule has 1 saturated carbocycles. The summed E-state index contributed by atoms with van der Waals surface area (Å²) >= 11 is 0. The first-order valence-corrected chi connectivity index (χ1v) is 5.89. The Bertz CT molecular complexity index is 357. The first kappa shape index (κ1) is 9.40. The molecule has 2 unspecified atom stereocenters. The second kappa shape index (κ2) is 3.08. The third-order valence-electron chi connectivity index (χ3n) is 4.06. The van der Waals surface area contributed by atoms with Gasteiger partial charge in [0.2, 0.25) is 0 Å². The SMILES string of the molecule is CC(C)N1CC2C(C1)C2c1cnn(C)c1. The van der Waals surface area contributed by atoms with Crippen LogP contribution < -0.4 is 0 Å². The summed E-state index contributed by atoms with van der Waals surface area (Å²) in [5.41, 5.74) is 1.45. The average molecular weight is 205 g/mol. The monoisotopic (exact) mass is 205 g/mol. The maximum atomic E-state index is 4.26. The third kappa shape index (κ3) is 1.41. The van der Waals surface area contributed by atoms with Crippen LogP contribution in [0.15, 0.2) is 12.4 Å². The molecule has 2 aliphatic rings. The molecule has 0 amide bonds. The lowest BCUT2D eigenvalue weighted by Gasteiger charge is -2.23.